The van der Waals surface area contributed by atoms with Gasteiger partial charge in [-0.05, 0) is 18.6 Å². The minimum absolute atomic E-state index is 0.0613. The molecular formula is C20H26N6. The van der Waals surface area contributed by atoms with Gasteiger partial charge in [-0.3, -0.25) is 0 Å². The molecule has 0 aliphatic carbocycles. The van der Waals surface area contributed by atoms with Gasteiger partial charge in [0.1, 0.15) is 23.5 Å². The third kappa shape index (κ3) is 3.93. The number of aromatic nitrogens is 3. The van der Waals surface area contributed by atoms with E-state index in [0.717, 1.165) is 55.8 Å². The van der Waals surface area contributed by atoms with Gasteiger partial charge in [-0.2, -0.15) is 5.26 Å². The molecule has 1 fully saturated rings. The Bertz CT molecular complexity index is 793. The summed E-state index contributed by atoms with van der Waals surface area (Å²) in [4.78, 5) is 18.5. The summed E-state index contributed by atoms with van der Waals surface area (Å²) >= 11 is 0. The molecule has 1 aliphatic rings. The number of rotatable bonds is 3. The Kier molecular flexibility index (Phi) is 5.08. The van der Waals surface area contributed by atoms with Crippen molar-refractivity contribution in [1.29, 1.82) is 5.26 Å². The molecule has 0 atom stereocenters. The molecule has 0 bridgehead atoms. The van der Waals surface area contributed by atoms with Crippen molar-refractivity contribution in [2.75, 3.05) is 36.0 Å². The molecule has 26 heavy (non-hydrogen) atoms. The lowest BCUT2D eigenvalue weighted by Crippen LogP contribution is -2.47. The van der Waals surface area contributed by atoms with Gasteiger partial charge in [-0.15, -0.1) is 0 Å². The Balaban J connectivity index is 1.74. The summed E-state index contributed by atoms with van der Waals surface area (Å²) in [7, 11) is 0. The summed E-state index contributed by atoms with van der Waals surface area (Å²) in [6.45, 7) is 12.1. The third-order valence-corrected chi connectivity index (χ3v) is 4.60. The van der Waals surface area contributed by atoms with E-state index in [1.807, 2.05) is 12.1 Å². The topological polar surface area (TPSA) is 68.9 Å². The number of nitrogens with zero attached hydrogens (tertiary/aromatic N) is 6. The fourth-order valence-corrected chi connectivity index (χ4v) is 2.97. The molecule has 0 spiro atoms. The van der Waals surface area contributed by atoms with Crippen LogP contribution in [0.5, 0.6) is 0 Å². The van der Waals surface area contributed by atoms with Gasteiger partial charge in [-0.25, -0.2) is 15.0 Å². The smallest absolute Gasteiger partial charge is 0.136 e. The zero-order chi connectivity index (χ0) is 18.7. The molecule has 0 N–H and O–H groups in total. The minimum atomic E-state index is -0.0613. The molecule has 2 aromatic rings. The second-order valence-electron chi connectivity index (χ2n) is 7.64. The first kappa shape index (κ1) is 18.1. The second kappa shape index (κ2) is 7.28. The van der Waals surface area contributed by atoms with Gasteiger partial charge in [-0.1, -0.05) is 27.7 Å². The Labute approximate surface area is 155 Å². The molecule has 3 rings (SSSR count). The number of anilines is 2. The molecule has 1 aliphatic heterocycles. The zero-order valence-electron chi connectivity index (χ0n) is 16.0. The molecule has 0 amide bonds. The van der Waals surface area contributed by atoms with Gasteiger partial charge >= 0.3 is 0 Å². The number of aryl methyl sites for hydroxylation is 1. The molecule has 6 nitrogen and oxygen atoms in total. The normalized spacial score (nSPS) is 15.0. The van der Waals surface area contributed by atoms with E-state index in [0.29, 0.717) is 5.56 Å². The van der Waals surface area contributed by atoms with Crippen molar-refractivity contribution in [2.45, 2.75) is 39.5 Å². The lowest BCUT2D eigenvalue weighted by molar-refractivity contribution is 0.538. The van der Waals surface area contributed by atoms with E-state index >= 15 is 0 Å². The fourth-order valence-electron chi connectivity index (χ4n) is 2.97. The van der Waals surface area contributed by atoms with E-state index < -0.39 is 0 Å². The van der Waals surface area contributed by atoms with Crippen molar-refractivity contribution in [3.05, 3.63) is 41.5 Å². The standard InChI is InChI=1S/C20H26N6/c1-5-16-12-18(24-19(23-16)20(2,3)4)26-10-8-25(9-11-26)17-7-6-15(13-21)14-22-17/h6-7,12,14H,5,8-11H2,1-4H3. The molecular weight excluding hydrogens is 324 g/mol. The van der Waals surface area contributed by atoms with Crippen LogP contribution in [0.2, 0.25) is 0 Å². The lowest BCUT2D eigenvalue weighted by atomic mass is 9.95. The molecule has 0 radical (unpaired) electrons. The molecule has 2 aromatic heterocycles. The van der Waals surface area contributed by atoms with Crippen molar-refractivity contribution < 1.29 is 0 Å². The van der Waals surface area contributed by atoms with Crippen LogP contribution in [0.15, 0.2) is 24.4 Å². The third-order valence-electron chi connectivity index (χ3n) is 4.60. The minimum Gasteiger partial charge on any atom is -0.353 e. The van der Waals surface area contributed by atoms with Crippen molar-refractivity contribution in [3.8, 4) is 6.07 Å². The molecule has 136 valence electrons. The van der Waals surface area contributed by atoms with E-state index in [4.69, 9.17) is 15.2 Å². The highest BCUT2D eigenvalue weighted by Gasteiger charge is 2.23. The summed E-state index contributed by atoms with van der Waals surface area (Å²) in [6.07, 6.45) is 2.54. The average Bonchev–Trinajstić information content (AvgIpc) is 2.67. The van der Waals surface area contributed by atoms with Crippen LogP contribution in [0.4, 0.5) is 11.6 Å². The Morgan fingerprint density at radius 3 is 2.19 bits per heavy atom. The summed E-state index contributed by atoms with van der Waals surface area (Å²) < 4.78 is 0. The van der Waals surface area contributed by atoms with Gasteiger partial charge < -0.3 is 9.80 Å². The van der Waals surface area contributed by atoms with Gasteiger partial charge in [0, 0.05) is 49.6 Å². The maximum absolute atomic E-state index is 8.90. The Morgan fingerprint density at radius 2 is 1.69 bits per heavy atom. The van der Waals surface area contributed by atoms with E-state index in [1.165, 1.54) is 0 Å². The van der Waals surface area contributed by atoms with Crippen molar-refractivity contribution >= 4 is 11.6 Å². The predicted molar refractivity (Wildman–Crippen MR) is 103 cm³/mol. The highest BCUT2D eigenvalue weighted by molar-refractivity contribution is 5.47. The highest BCUT2D eigenvalue weighted by Crippen LogP contribution is 2.24. The highest BCUT2D eigenvalue weighted by atomic mass is 15.3. The van der Waals surface area contributed by atoms with Gasteiger partial charge in [0.2, 0.25) is 0 Å². The molecule has 1 saturated heterocycles. The largest absolute Gasteiger partial charge is 0.353 e. The first-order valence-electron chi connectivity index (χ1n) is 9.15. The van der Waals surface area contributed by atoms with Crippen LogP contribution in [0, 0.1) is 11.3 Å². The van der Waals surface area contributed by atoms with Crippen molar-refractivity contribution in [1.82, 2.24) is 15.0 Å². The number of pyridine rings is 1. The zero-order valence-corrected chi connectivity index (χ0v) is 16.0. The summed E-state index contributed by atoms with van der Waals surface area (Å²) in [5, 5.41) is 8.90. The fraction of sp³-hybridized carbons (Fsp3) is 0.500. The van der Waals surface area contributed by atoms with E-state index in [-0.39, 0.29) is 5.41 Å². The first-order valence-corrected chi connectivity index (χ1v) is 9.15. The monoisotopic (exact) mass is 350 g/mol. The Morgan fingerprint density at radius 1 is 1.04 bits per heavy atom. The van der Waals surface area contributed by atoms with Gasteiger partial charge in [0.15, 0.2) is 0 Å². The van der Waals surface area contributed by atoms with Crippen molar-refractivity contribution in [2.24, 2.45) is 0 Å². The molecule has 3 heterocycles. The second-order valence-corrected chi connectivity index (χ2v) is 7.64. The number of hydrogen-bond donors (Lipinski definition) is 0. The van der Waals surface area contributed by atoms with Crippen LogP contribution in [0.25, 0.3) is 0 Å². The summed E-state index contributed by atoms with van der Waals surface area (Å²) in [5.74, 6) is 2.85. The molecule has 0 saturated carbocycles. The van der Waals surface area contributed by atoms with Crippen LogP contribution in [0.3, 0.4) is 0 Å². The summed E-state index contributed by atoms with van der Waals surface area (Å²) in [5.41, 5.74) is 1.63. The molecule has 0 aromatic carbocycles. The number of hydrogen-bond acceptors (Lipinski definition) is 6. The number of nitriles is 1. The Hall–Kier alpha value is -2.68. The van der Waals surface area contributed by atoms with Crippen LogP contribution < -0.4 is 9.80 Å². The summed E-state index contributed by atoms with van der Waals surface area (Å²) in [6, 6.07) is 7.97. The maximum atomic E-state index is 8.90. The lowest BCUT2D eigenvalue weighted by Gasteiger charge is -2.36. The van der Waals surface area contributed by atoms with Crippen LogP contribution in [-0.4, -0.2) is 41.1 Å². The SMILES string of the molecule is CCc1cc(N2CCN(c3ccc(C#N)cn3)CC2)nc(C(C)(C)C)n1. The van der Waals surface area contributed by atoms with E-state index in [9.17, 15) is 0 Å². The van der Waals surface area contributed by atoms with Crippen molar-refractivity contribution in [3.63, 3.8) is 0 Å². The molecule has 0 unspecified atom stereocenters. The average molecular weight is 350 g/mol. The van der Waals surface area contributed by atoms with Crippen LogP contribution in [0.1, 0.15) is 44.8 Å². The van der Waals surface area contributed by atoms with E-state index in [1.54, 1.807) is 6.20 Å². The first-order chi connectivity index (χ1) is 12.4. The van der Waals surface area contributed by atoms with Crippen LogP contribution in [-0.2, 0) is 11.8 Å². The predicted octanol–water partition coefficient (Wildman–Crippen LogP) is 2.93. The van der Waals surface area contributed by atoms with Gasteiger partial charge in [0.25, 0.3) is 0 Å². The van der Waals surface area contributed by atoms with E-state index in [2.05, 4.69) is 54.6 Å². The van der Waals surface area contributed by atoms with Crippen LogP contribution >= 0.6 is 0 Å². The maximum Gasteiger partial charge on any atom is 0.136 e. The van der Waals surface area contributed by atoms with Gasteiger partial charge in [0.05, 0.1) is 5.56 Å². The number of piperazine rings is 1. The molecule has 6 heteroatoms. The quantitative estimate of drug-likeness (QED) is 0.848.